The van der Waals surface area contributed by atoms with Crippen LogP contribution in [0.25, 0.3) is 0 Å². The van der Waals surface area contributed by atoms with E-state index in [-0.39, 0.29) is 0 Å². The topological polar surface area (TPSA) is 45.2 Å². The van der Waals surface area contributed by atoms with Crippen LogP contribution < -0.4 is 5.32 Å². The molecule has 0 aliphatic heterocycles. The van der Waals surface area contributed by atoms with Gasteiger partial charge in [-0.15, -0.1) is 0 Å². The van der Waals surface area contributed by atoms with Gasteiger partial charge in [0.1, 0.15) is 5.82 Å². The Labute approximate surface area is 85.2 Å². The number of aliphatic hydroxyl groups is 1. The average Bonchev–Trinajstić information content (AvgIpc) is 2.15. The SMILES string of the molecule is CCCNc1ncc(C(C)O)cc1C. The molecule has 0 amide bonds. The summed E-state index contributed by atoms with van der Waals surface area (Å²) in [6.45, 7) is 6.79. The van der Waals surface area contributed by atoms with Gasteiger partial charge >= 0.3 is 0 Å². The third-order valence-corrected chi connectivity index (χ3v) is 2.12. The lowest BCUT2D eigenvalue weighted by Gasteiger charge is -2.10. The summed E-state index contributed by atoms with van der Waals surface area (Å²) < 4.78 is 0. The van der Waals surface area contributed by atoms with Gasteiger partial charge in [-0.05, 0) is 37.5 Å². The fraction of sp³-hybridized carbons (Fsp3) is 0.545. The molecule has 3 heteroatoms. The van der Waals surface area contributed by atoms with Gasteiger partial charge in [0.2, 0.25) is 0 Å². The van der Waals surface area contributed by atoms with Crippen molar-refractivity contribution < 1.29 is 5.11 Å². The lowest BCUT2D eigenvalue weighted by molar-refractivity contribution is 0.199. The van der Waals surface area contributed by atoms with Crippen LogP contribution >= 0.6 is 0 Å². The lowest BCUT2D eigenvalue weighted by atomic mass is 10.1. The molecule has 78 valence electrons. The molecule has 0 spiro atoms. The first kappa shape index (κ1) is 11.0. The highest BCUT2D eigenvalue weighted by Crippen LogP contribution is 2.17. The van der Waals surface area contributed by atoms with Crippen LogP contribution in [0.1, 0.15) is 37.5 Å². The van der Waals surface area contributed by atoms with Crippen molar-refractivity contribution in [2.75, 3.05) is 11.9 Å². The molecular formula is C11H18N2O. The van der Waals surface area contributed by atoms with E-state index in [1.54, 1.807) is 13.1 Å². The van der Waals surface area contributed by atoms with Gasteiger partial charge in [0, 0.05) is 12.7 Å². The molecule has 1 unspecified atom stereocenters. The molecule has 0 radical (unpaired) electrons. The van der Waals surface area contributed by atoms with E-state index in [0.29, 0.717) is 0 Å². The number of rotatable bonds is 4. The van der Waals surface area contributed by atoms with E-state index in [1.807, 2.05) is 13.0 Å². The van der Waals surface area contributed by atoms with Crippen molar-refractivity contribution in [3.63, 3.8) is 0 Å². The fourth-order valence-electron chi connectivity index (χ4n) is 1.25. The molecule has 1 aromatic heterocycles. The Hall–Kier alpha value is -1.09. The molecule has 1 aromatic rings. The third-order valence-electron chi connectivity index (χ3n) is 2.12. The lowest BCUT2D eigenvalue weighted by Crippen LogP contribution is -2.05. The Bertz CT molecular complexity index is 297. The van der Waals surface area contributed by atoms with Gasteiger partial charge in [-0.3, -0.25) is 0 Å². The van der Waals surface area contributed by atoms with E-state index in [4.69, 9.17) is 0 Å². The summed E-state index contributed by atoms with van der Waals surface area (Å²) in [5.41, 5.74) is 1.95. The fourth-order valence-corrected chi connectivity index (χ4v) is 1.25. The molecule has 0 bridgehead atoms. The molecule has 1 heterocycles. The molecule has 0 aliphatic rings. The number of aryl methyl sites for hydroxylation is 1. The van der Waals surface area contributed by atoms with Crippen LogP contribution in [0.5, 0.6) is 0 Å². The molecule has 3 nitrogen and oxygen atoms in total. The highest BCUT2D eigenvalue weighted by molar-refractivity contribution is 5.44. The van der Waals surface area contributed by atoms with E-state index >= 15 is 0 Å². The summed E-state index contributed by atoms with van der Waals surface area (Å²) in [5, 5.41) is 12.6. The summed E-state index contributed by atoms with van der Waals surface area (Å²) in [5.74, 6) is 0.913. The van der Waals surface area contributed by atoms with Gasteiger partial charge < -0.3 is 10.4 Å². The van der Waals surface area contributed by atoms with Crippen molar-refractivity contribution in [2.24, 2.45) is 0 Å². The molecule has 0 saturated carbocycles. The minimum Gasteiger partial charge on any atom is -0.389 e. The number of hydrogen-bond donors (Lipinski definition) is 2. The zero-order valence-corrected chi connectivity index (χ0v) is 9.04. The molecule has 0 aliphatic carbocycles. The van der Waals surface area contributed by atoms with Gasteiger partial charge in [-0.1, -0.05) is 6.92 Å². The molecule has 0 fully saturated rings. The number of hydrogen-bond acceptors (Lipinski definition) is 3. The van der Waals surface area contributed by atoms with Crippen LogP contribution in [0.15, 0.2) is 12.3 Å². The van der Waals surface area contributed by atoms with Gasteiger partial charge in [-0.2, -0.15) is 0 Å². The van der Waals surface area contributed by atoms with Crippen LogP contribution in [0.2, 0.25) is 0 Å². The van der Waals surface area contributed by atoms with Crippen LogP contribution in [0, 0.1) is 6.92 Å². The highest BCUT2D eigenvalue weighted by Gasteiger charge is 2.04. The summed E-state index contributed by atoms with van der Waals surface area (Å²) in [6, 6.07) is 1.97. The Kier molecular flexibility index (Phi) is 3.89. The van der Waals surface area contributed by atoms with E-state index < -0.39 is 6.10 Å². The number of nitrogens with one attached hydrogen (secondary N) is 1. The second kappa shape index (κ2) is 4.96. The zero-order chi connectivity index (χ0) is 10.6. The van der Waals surface area contributed by atoms with Gasteiger partial charge in [0.15, 0.2) is 0 Å². The van der Waals surface area contributed by atoms with Crippen molar-refractivity contribution in [3.8, 4) is 0 Å². The minimum absolute atomic E-state index is 0.443. The smallest absolute Gasteiger partial charge is 0.128 e. The largest absolute Gasteiger partial charge is 0.389 e. The minimum atomic E-state index is -0.443. The summed E-state index contributed by atoms with van der Waals surface area (Å²) in [4.78, 5) is 4.27. The zero-order valence-electron chi connectivity index (χ0n) is 9.04. The van der Waals surface area contributed by atoms with E-state index in [0.717, 1.165) is 29.9 Å². The highest BCUT2D eigenvalue weighted by atomic mass is 16.3. The Morgan fingerprint density at radius 1 is 1.57 bits per heavy atom. The first-order valence-electron chi connectivity index (χ1n) is 5.03. The third kappa shape index (κ3) is 2.70. The standard InChI is InChI=1S/C11H18N2O/c1-4-5-12-11-8(2)6-10(7-13-11)9(3)14/h6-7,9,14H,4-5H2,1-3H3,(H,12,13). The van der Waals surface area contributed by atoms with Gasteiger partial charge in [0.25, 0.3) is 0 Å². The van der Waals surface area contributed by atoms with Crippen LogP contribution in [0.4, 0.5) is 5.82 Å². The number of nitrogens with zero attached hydrogens (tertiary/aromatic N) is 1. The van der Waals surface area contributed by atoms with Crippen molar-refractivity contribution in [2.45, 2.75) is 33.3 Å². The normalized spacial score (nSPS) is 12.6. The van der Waals surface area contributed by atoms with Crippen molar-refractivity contribution in [1.82, 2.24) is 4.98 Å². The summed E-state index contributed by atoms with van der Waals surface area (Å²) in [6.07, 6.45) is 2.36. The second-order valence-electron chi connectivity index (χ2n) is 3.54. The molecule has 1 atom stereocenters. The maximum Gasteiger partial charge on any atom is 0.128 e. The predicted octanol–water partition coefficient (Wildman–Crippen LogP) is 2.27. The molecule has 14 heavy (non-hydrogen) atoms. The Balaban J connectivity index is 2.79. The van der Waals surface area contributed by atoms with Gasteiger partial charge in [0.05, 0.1) is 6.10 Å². The van der Waals surface area contributed by atoms with Crippen molar-refractivity contribution in [3.05, 3.63) is 23.4 Å². The molecular weight excluding hydrogens is 176 g/mol. The van der Waals surface area contributed by atoms with E-state index in [2.05, 4.69) is 17.2 Å². The average molecular weight is 194 g/mol. The summed E-state index contributed by atoms with van der Waals surface area (Å²) in [7, 11) is 0. The number of aliphatic hydroxyl groups excluding tert-OH is 1. The molecule has 0 saturated heterocycles. The predicted molar refractivity (Wildman–Crippen MR) is 58.4 cm³/mol. The second-order valence-corrected chi connectivity index (χ2v) is 3.54. The number of aromatic nitrogens is 1. The summed E-state index contributed by atoms with van der Waals surface area (Å²) >= 11 is 0. The monoisotopic (exact) mass is 194 g/mol. The van der Waals surface area contributed by atoms with Crippen LogP contribution in [-0.4, -0.2) is 16.6 Å². The first-order valence-corrected chi connectivity index (χ1v) is 5.03. The quantitative estimate of drug-likeness (QED) is 0.772. The van der Waals surface area contributed by atoms with Crippen molar-refractivity contribution >= 4 is 5.82 Å². The van der Waals surface area contributed by atoms with Crippen molar-refractivity contribution in [1.29, 1.82) is 0 Å². The molecule has 0 aromatic carbocycles. The maximum atomic E-state index is 9.35. The maximum absolute atomic E-state index is 9.35. The Morgan fingerprint density at radius 3 is 2.79 bits per heavy atom. The Morgan fingerprint density at radius 2 is 2.29 bits per heavy atom. The van der Waals surface area contributed by atoms with E-state index in [1.165, 1.54) is 0 Å². The number of pyridine rings is 1. The number of anilines is 1. The van der Waals surface area contributed by atoms with E-state index in [9.17, 15) is 5.11 Å². The van der Waals surface area contributed by atoms with Crippen LogP contribution in [0.3, 0.4) is 0 Å². The first-order chi connectivity index (χ1) is 6.65. The molecule has 1 rings (SSSR count). The molecule has 2 N–H and O–H groups in total. The van der Waals surface area contributed by atoms with Gasteiger partial charge in [-0.25, -0.2) is 4.98 Å². The van der Waals surface area contributed by atoms with Crippen LogP contribution in [-0.2, 0) is 0 Å².